The molecule has 0 saturated carbocycles. The van der Waals surface area contributed by atoms with Crippen molar-refractivity contribution in [1.82, 2.24) is 9.55 Å². The van der Waals surface area contributed by atoms with E-state index in [-0.39, 0.29) is 55.2 Å². The van der Waals surface area contributed by atoms with Gasteiger partial charge in [-0.1, -0.05) is 6.92 Å². The number of cyclic esters (lactones) is 1. The van der Waals surface area contributed by atoms with Crippen LogP contribution in [-0.2, 0) is 34.8 Å². The fraction of sp³-hybridized carbons (Fsp3) is 0.250. The Morgan fingerprint density at radius 1 is 1.03 bits per heavy atom. The Kier molecular flexibility index (Phi) is 4.90. The van der Waals surface area contributed by atoms with Crippen molar-refractivity contribution in [2.45, 2.75) is 38.6 Å². The van der Waals surface area contributed by atoms with Crippen molar-refractivity contribution in [2.75, 3.05) is 11.6 Å². The number of carbonyl (C=O) groups excluding carboxylic acids is 1. The van der Waals surface area contributed by atoms with E-state index in [4.69, 9.17) is 14.5 Å². The molecule has 0 amide bonds. The molecule has 8 nitrogen and oxygen atoms in total. The van der Waals surface area contributed by atoms with Gasteiger partial charge in [-0.05, 0) is 42.8 Å². The third-order valence-electron chi connectivity index (χ3n) is 7.84. The molecule has 0 fully saturated rings. The minimum atomic E-state index is -1.92. The topological polar surface area (TPSA) is 93.9 Å². The molecule has 2 aromatic carbocycles. The summed E-state index contributed by atoms with van der Waals surface area (Å²) in [6, 6.07) is 9.05. The molecule has 1 N–H and O–H groups in total. The molecule has 3 aliphatic heterocycles. The van der Waals surface area contributed by atoms with E-state index in [9.17, 15) is 27.9 Å². The number of esters is 1. The van der Waals surface area contributed by atoms with Crippen LogP contribution in [0.15, 0.2) is 41.2 Å². The van der Waals surface area contributed by atoms with Crippen LogP contribution in [0.3, 0.4) is 0 Å². The third kappa shape index (κ3) is 3.19. The van der Waals surface area contributed by atoms with Crippen LogP contribution in [0.2, 0.25) is 0 Å². The lowest BCUT2D eigenvalue weighted by Crippen LogP contribution is -2.44. The van der Waals surface area contributed by atoms with Crippen LogP contribution in [0.5, 0.6) is 5.75 Å². The highest BCUT2D eigenvalue weighted by atomic mass is 19.2. The summed E-state index contributed by atoms with van der Waals surface area (Å²) in [7, 11) is 0. The fourth-order valence-electron chi connectivity index (χ4n) is 5.69. The van der Waals surface area contributed by atoms with Gasteiger partial charge in [-0.25, -0.2) is 22.9 Å². The second kappa shape index (κ2) is 8.06. The summed E-state index contributed by atoms with van der Waals surface area (Å²) >= 11 is 0. The van der Waals surface area contributed by atoms with E-state index in [1.807, 2.05) is 6.07 Å². The number of hydrogen-bond acceptors (Lipinski definition) is 7. The monoisotopic (exact) mass is 535 g/mol. The van der Waals surface area contributed by atoms with Gasteiger partial charge in [0.2, 0.25) is 0 Å². The Morgan fingerprint density at radius 2 is 1.85 bits per heavy atom. The third-order valence-corrected chi connectivity index (χ3v) is 7.84. The highest BCUT2D eigenvalue weighted by Crippen LogP contribution is 2.41. The van der Waals surface area contributed by atoms with Crippen molar-refractivity contribution < 1.29 is 32.5 Å². The highest BCUT2D eigenvalue weighted by molar-refractivity contribution is 5.90. The SMILES string of the molecule is CC[C@@]1(O)C(=O)OCc2c1cc1n(c2=O)Cc2cc3c4c(ccc3nc2-1)OCN(c1ccc(F)c(F)c1F)C4. The quantitative estimate of drug-likeness (QED) is 0.271. The fourth-order valence-corrected chi connectivity index (χ4v) is 5.69. The molecule has 39 heavy (non-hydrogen) atoms. The summed E-state index contributed by atoms with van der Waals surface area (Å²) in [5.74, 6) is -4.36. The Morgan fingerprint density at radius 3 is 2.64 bits per heavy atom. The normalized spacial score (nSPS) is 19.2. The van der Waals surface area contributed by atoms with Gasteiger partial charge in [-0.2, -0.15) is 0 Å². The molecule has 3 aliphatic rings. The van der Waals surface area contributed by atoms with Gasteiger partial charge in [0.05, 0.1) is 41.2 Å². The Labute approximate surface area is 218 Å². The minimum absolute atomic E-state index is 0.0426. The maximum Gasteiger partial charge on any atom is 0.343 e. The van der Waals surface area contributed by atoms with Crippen LogP contribution >= 0.6 is 0 Å². The molecule has 5 heterocycles. The number of halogens is 3. The highest BCUT2D eigenvalue weighted by Gasteiger charge is 2.45. The molecule has 2 aromatic heterocycles. The first-order valence-corrected chi connectivity index (χ1v) is 12.3. The average Bonchev–Trinajstić information content (AvgIpc) is 3.30. The van der Waals surface area contributed by atoms with E-state index < -0.39 is 29.0 Å². The molecular weight excluding hydrogens is 515 g/mol. The van der Waals surface area contributed by atoms with E-state index in [2.05, 4.69) is 0 Å². The summed E-state index contributed by atoms with van der Waals surface area (Å²) in [6.07, 6.45) is 0.0426. The lowest BCUT2D eigenvalue weighted by Gasteiger charge is -2.32. The molecule has 0 saturated heterocycles. The number of pyridine rings is 2. The number of nitrogens with zero attached hydrogens (tertiary/aromatic N) is 3. The lowest BCUT2D eigenvalue weighted by molar-refractivity contribution is -0.172. The number of carbonyl (C=O) groups is 1. The number of fused-ring (bicyclic) bond motifs is 7. The molecule has 0 radical (unpaired) electrons. The van der Waals surface area contributed by atoms with E-state index in [1.54, 1.807) is 25.1 Å². The summed E-state index contributed by atoms with van der Waals surface area (Å²) in [6.45, 7) is 1.72. The van der Waals surface area contributed by atoms with Crippen LogP contribution < -0.4 is 15.2 Å². The van der Waals surface area contributed by atoms with Crippen molar-refractivity contribution in [3.8, 4) is 17.1 Å². The molecule has 4 aromatic rings. The molecule has 7 rings (SSSR count). The summed E-state index contributed by atoms with van der Waals surface area (Å²) in [5.41, 5.74) is 1.06. The maximum atomic E-state index is 14.5. The lowest BCUT2D eigenvalue weighted by atomic mass is 9.86. The first kappa shape index (κ1) is 23.7. The molecule has 198 valence electrons. The predicted molar refractivity (Wildman–Crippen MR) is 133 cm³/mol. The van der Waals surface area contributed by atoms with Crippen LogP contribution in [0.4, 0.5) is 18.9 Å². The van der Waals surface area contributed by atoms with E-state index in [0.717, 1.165) is 11.6 Å². The van der Waals surface area contributed by atoms with Gasteiger partial charge in [-0.15, -0.1) is 0 Å². The van der Waals surface area contributed by atoms with Gasteiger partial charge in [0.1, 0.15) is 12.4 Å². The standard InChI is InChI=1S/C28H20F3N3O5/c1-2-28(37)17-8-21-25-13(9-34(21)26(35)16(17)11-38-27(28)36)7-14-15-10-33(12-39-22(15)6-4-19(14)32-25)20-5-3-18(29)23(30)24(20)31/h3-8,37H,2,9-12H2,1H3/t28-/m0/s1. The van der Waals surface area contributed by atoms with Gasteiger partial charge in [0, 0.05) is 22.1 Å². The minimum Gasteiger partial charge on any atom is -0.473 e. The number of hydrogen-bond donors (Lipinski definition) is 1. The van der Waals surface area contributed by atoms with Crippen molar-refractivity contribution >= 4 is 22.6 Å². The average molecular weight is 535 g/mol. The van der Waals surface area contributed by atoms with E-state index in [0.29, 0.717) is 33.6 Å². The number of rotatable bonds is 2. The first-order valence-electron chi connectivity index (χ1n) is 12.3. The van der Waals surface area contributed by atoms with Crippen molar-refractivity contribution in [1.29, 1.82) is 0 Å². The maximum absolute atomic E-state index is 14.5. The van der Waals surface area contributed by atoms with E-state index >= 15 is 0 Å². The van der Waals surface area contributed by atoms with Crippen LogP contribution in [0.1, 0.15) is 35.6 Å². The van der Waals surface area contributed by atoms with E-state index in [1.165, 1.54) is 15.5 Å². The second-order valence-corrected chi connectivity index (χ2v) is 9.87. The van der Waals surface area contributed by atoms with Crippen molar-refractivity contribution in [3.05, 3.63) is 86.5 Å². The van der Waals surface area contributed by atoms with Crippen LogP contribution in [0, 0.1) is 17.5 Å². The summed E-state index contributed by atoms with van der Waals surface area (Å²) in [5, 5.41) is 11.7. The zero-order chi connectivity index (χ0) is 27.2. The van der Waals surface area contributed by atoms with Crippen molar-refractivity contribution in [3.63, 3.8) is 0 Å². The molecule has 0 spiro atoms. The molecule has 1 atom stereocenters. The first-order chi connectivity index (χ1) is 18.7. The predicted octanol–water partition coefficient (Wildman–Crippen LogP) is 3.85. The molecular formula is C28H20F3N3O5. The Balaban J connectivity index is 1.35. The number of aromatic nitrogens is 2. The zero-order valence-corrected chi connectivity index (χ0v) is 20.6. The van der Waals surface area contributed by atoms with Gasteiger partial charge < -0.3 is 24.0 Å². The van der Waals surface area contributed by atoms with Gasteiger partial charge in [0.15, 0.2) is 29.8 Å². The summed E-state index contributed by atoms with van der Waals surface area (Å²) < 4.78 is 54.4. The zero-order valence-electron chi connectivity index (χ0n) is 20.6. The van der Waals surface area contributed by atoms with Crippen LogP contribution in [0.25, 0.3) is 22.3 Å². The molecule has 11 heteroatoms. The smallest absolute Gasteiger partial charge is 0.343 e. The molecule has 0 unspecified atom stereocenters. The summed E-state index contributed by atoms with van der Waals surface area (Å²) in [4.78, 5) is 32.1. The molecule has 0 aliphatic carbocycles. The number of aliphatic hydroxyl groups is 1. The molecule has 0 bridgehead atoms. The van der Waals surface area contributed by atoms with Gasteiger partial charge in [0.25, 0.3) is 5.56 Å². The van der Waals surface area contributed by atoms with Gasteiger partial charge in [-0.3, -0.25) is 4.79 Å². The number of anilines is 1. The van der Waals surface area contributed by atoms with Crippen LogP contribution in [-0.4, -0.2) is 27.4 Å². The number of ether oxygens (including phenoxy) is 2. The number of benzene rings is 2. The Hall–Kier alpha value is -4.38. The second-order valence-electron chi connectivity index (χ2n) is 9.87. The van der Waals surface area contributed by atoms with Gasteiger partial charge >= 0.3 is 5.97 Å². The van der Waals surface area contributed by atoms with Crippen molar-refractivity contribution in [2.24, 2.45) is 0 Å². The Bertz CT molecular complexity index is 1820. The largest absolute Gasteiger partial charge is 0.473 e.